The van der Waals surface area contributed by atoms with Gasteiger partial charge in [-0.25, -0.2) is 4.98 Å². The van der Waals surface area contributed by atoms with Gasteiger partial charge in [0, 0.05) is 31.7 Å². The maximum atomic E-state index is 9.11. The van der Waals surface area contributed by atoms with Crippen LogP contribution in [0.25, 0.3) is 0 Å². The van der Waals surface area contributed by atoms with E-state index in [1.807, 2.05) is 0 Å². The first-order valence-electron chi connectivity index (χ1n) is 5.53. The highest BCUT2D eigenvalue weighted by molar-refractivity contribution is 5.16. The van der Waals surface area contributed by atoms with E-state index >= 15 is 0 Å². The van der Waals surface area contributed by atoms with E-state index in [9.17, 15) is 0 Å². The first kappa shape index (κ1) is 8.48. The molecule has 1 N–H and O–H groups in total. The number of rotatable bonds is 2. The molecule has 3 heteroatoms. The minimum Gasteiger partial charge on any atom is -0.396 e. The smallest absolute Gasteiger partial charge is 0.109 e. The van der Waals surface area contributed by atoms with E-state index in [-0.39, 0.29) is 0 Å². The maximum Gasteiger partial charge on any atom is 0.109 e. The van der Waals surface area contributed by atoms with Crippen molar-refractivity contribution >= 4 is 0 Å². The lowest BCUT2D eigenvalue weighted by atomic mass is 9.99. The number of aromatic nitrogens is 2. The van der Waals surface area contributed by atoms with E-state index in [4.69, 9.17) is 5.11 Å². The van der Waals surface area contributed by atoms with Crippen molar-refractivity contribution in [3.05, 3.63) is 17.7 Å². The summed E-state index contributed by atoms with van der Waals surface area (Å²) in [6.45, 7) is 1.35. The highest BCUT2D eigenvalue weighted by atomic mass is 16.3. The van der Waals surface area contributed by atoms with Gasteiger partial charge in [0.15, 0.2) is 0 Å². The van der Waals surface area contributed by atoms with Crippen LogP contribution in [-0.4, -0.2) is 21.3 Å². The molecular weight excluding hydrogens is 176 g/mol. The van der Waals surface area contributed by atoms with Crippen molar-refractivity contribution in [2.75, 3.05) is 6.61 Å². The van der Waals surface area contributed by atoms with Gasteiger partial charge in [0.2, 0.25) is 0 Å². The molecule has 3 nitrogen and oxygen atoms in total. The van der Waals surface area contributed by atoms with Gasteiger partial charge in [-0.1, -0.05) is 0 Å². The molecule has 1 aliphatic carbocycles. The van der Waals surface area contributed by atoms with Gasteiger partial charge in [-0.2, -0.15) is 0 Å². The van der Waals surface area contributed by atoms with Gasteiger partial charge in [0.1, 0.15) is 5.82 Å². The molecule has 1 aliphatic heterocycles. The fourth-order valence-electron chi connectivity index (χ4n) is 2.25. The van der Waals surface area contributed by atoms with Crippen LogP contribution in [0.4, 0.5) is 0 Å². The van der Waals surface area contributed by atoms with E-state index in [0.717, 1.165) is 25.3 Å². The summed E-state index contributed by atoms with van der Waals surface area (Å²) >= 11 is 0. The largest absolute Gasteiger partial charge is 0.396 e. The van der Waals surface area contributed by atoms with E-state index < -0.39 is 0 Å². The summed E-state index contributed by atoms with van der Waals surface area (Å²) in [6, 6.07) is 0. The number of aliphatic hydroxyl groups excluding tert-OH is 1. The summed E-state index contributed by atoms with van der Waals surface area (Å²) in [6.07, 6.45) is 6.92. The number of aryl methyl sites for hydroxylation is 1. The molecule has 0 spiro atoms. The van der Waals surface area contributed by atoms with E-state index in [2.05, 4.69) is 15.7 Å². The zero-order valence-electron chi connectivity index (χ0n) is 8.32. The van der Waals surface area contributed by atoms with Crippen LogP contribution in [0.2, 0.25) is 0 Å². The Morgan fingerprint density at radius 2 is 2.29 bits per heavy atom. The molecule has 1 atom stereocenters. The standard InChI is InChI=1S/C11H16N2O/c14-7-8-3-4-13-6-10(9-1-2-9)12-11(13)5-8/h6,8-9,14H,1-5,7H2. The molecule has 3 rings (SSSR count). The molecule has 1 unspecified atom stereocenters. The van der Waals surface area contributed by atoms with E-state index in [0.29, 0.717) is 12.5 Å². The Morgan fingerprint density at radius 1 is 1.43 bits per heavy atom. The molecule has 0 saturated heterocycles. The van der Waals surface area contributed by atoms with Crippen molar-refractivity contribution in [3.8, 4) is 0 Å². The van der Waals surface area contributed by atoms with Crippen LogP contribution >= 0.6 is 0 Å². The minimum absolute atomic E-state index is 0.311. The van der Waals surface area contributed by atoms with Crippen LogP contribution in [0.3, 0.4) is 0 Å². The Kier molecular flexibility index (Phi) is 1.87. The lowest BCUT2D eigenvalue weighted by Gasteiger charge is -2.20. The summed E-state index contributed by atoms with van der Waals surface area (Å²) < 4.78 is 2.28. The Hall–Kier alpha value is -0.830. The van der Waals surface area contributed by atoms with Crippen LogP contribution in [-0.2, 0) is 13.0 Å². The van der Waals surface area contributed by atoms with Gasteiger partial charge in [0.25, 0.3) is 0 Å². The number of aliphatic hydroxyl groups is 1. The molecule has 0 aromatic carbocycles. The Bertz CT molecular complexity index is 341. The molecule has 0 amide bonds. The number of nitrogens with zero attached hydrogens (tertiary/aromatic N) is 2. The van der Waals surface area contributed by atoms with Crippen LogP contribution < -0.4 is 0 Å². The molecule has 2 aliphatic rings. The number of hydrogen-bond donors (Lipinski definition) is 1. The van der Waals surface area contributed by atoms with E-state index in [1.165, 1.54) is 24.4 Å². The molecular formula is C11H16N2O. The van der Waals surface area contributed by atoms with Crippen LogP contribution in [0, 0.1) is 5.92 Å². The second-order valence-corrected chi connectivity index (χ2v) is 4.59. The summed E-state index contributed by atoms with van der Waals surface area (Å²) in [5.74, 6) is 2.38. The first-order valence-corrected chi connectivity index (χ1v) is 5.53. The molecule has 76 valence electrons. The van der Waals surface area contributed by atoms with Crippen molar-refractivity contribution in [2.45, 2.75) is 38.1 Å². The predicted octanol–water partition coefficient (Wildman–Crippen LogP) is 1.32. The third-order valence-electron chi connectivity index (χ3n) is 3.38. The molecule has 1 saturated carbocycles. The zero-order valence-corrected chi connectivity index (χ0v) is 8.32. The van der Waals surface area contributed by atoms with Gasteiger partial charge >= 0.3 is 0 Å². The van der Waals surface area contributed by atoms with Crippen LogP contribution in [0.1, 0.15) is 36.7 Å². The third kappa shape index (κ3) is 1.36. The summed E-state index contributed by atoms with van der Waals surface area (Å²) in [4.78, 5) is 4.66. The molecule has 0 radical (unpaired) electrons. The minimum atomic E-state index is 0.311. The lowest BCUT2D eigenvalue weighted by Crippen LogP contribution is -2.21. The first-order chi connectivity index (χ1) is 6.86. The number of imidazole rings is 1. The highest BCUT2D eigenvalue weighted by Gasteiger charge is 2.28. The van der Waals surface area contributed by atoms with Crippen LogP contribution in [0.5, 0.6) is 0 Å². The fraction of sp³-hybridized carbons (Fsp3) is 0.727. The normalized spacial score (nSPS) is 26.2. The maximum absolute atomic E-state index is 9.11. The van der Waals surface area contributed by atoms with Crippen molar-refractivity contribution < 1.29 is 5.11 Å². The second kappa shape index (κ2) is 3.09. The Morgan fingerprint density at radius 3 is 3.00 bits per heavy atom. The average molecular weight is 192 g/mol. The number of hydrogen-bond acceptors (Lipinski definition) is 2. The summed E-state index contributed by atoms with van der Waals surface area (Å²) in [7, 11) is 0. The zero-order chi connectivity index (χ0) is 9.54. The quantitative estimate of drug-likeness (QED) is 0.767. The Balaban J connectivity index is 1.85. The molecule has 1 aromatic rings. The van der Waals surface area contributed by atoms with Crippen molar-refractivity contribution in [1.82, 2.24) is 9.55 Å². The highest BCUT2D eigenvalue weighted by Crippen LogP contribution is 2.39. The van der Waals surface area contributed by atoms with Gasteiger partial charge < -0.3 is 9.67 Å². The predicted molar refractivity (Wildman–Crippen MR) is 53.1 cm³/mol. The van der Waals surface area contributed by atoms with E-state index in [1.54, 1.807) is 0 Å². The SMILES string of the molecule is OCC1CCn2cc(C3CC3)nc2C1. The van der Waals surface area contributed by atoms with Gasteiger partial charge in [0.05, 0.1) is 5.69 Å². The molecule has 2 heterocycles. The monoisotopic (exact) mass is 192 g/mol. The topological polar surface area (TPSA) is 38.0 Å². The molecule has 1 aromatic heterocycles. The number of fused-ring (bicyclic) bond motifs is 1. The van der Waals surface area contributed by atoms with Gasteiger partial charge in [-0.05, 0) is 25.2 Å². The molecule has 14 heavy (non-hydrogen) atoms. The van der Waals surface area contributed by atoms with Gasteiger partial charge in [-0.15, -0.1) is 0 Å². The van der Waals surface area contributed by atoms with Crippen molar-refractivity contribution in [2.24, 2.45) is 5.92 Å². The third-order valence-corrected chi connectivity index (χ3v) is 3.38. The molecule has 0 bridgehead atoms. The Labute approximate surface area is 83.8 Å². The summed E-state index contributed by atoms with van der Waals surface area (Å²) in [5, 5.41) is 9.11. The second-order valence-electron chi connectivity index (χ2n) is 4.59. The fourth-order valence-corrected chi connectivity index (χ4v) is 2.25. The van der Waals surface area contributed by atoms with Gasteiger partial charge in [-0.3, -0.25) is 0 Å². The average Bonchev–Trinajstić information content (AvgIpc) is 2.97. The van der Waals surface area contributed by atoms with Crippen molar-refractivity contribution in [3.63, 3.8) is 0 Å². The summed E-state index contributed by atoms with van der Waals surface area (Å²) in [5.41, 5.74) is 1.29. The van der Waals surface area contributed by atoms with Crippen molar-refractivity contribution in [1.29, 1.82) is 0 Å². The molecule has 1 fully saturated rings. The lowest BCUT2D eigenvalue weighted by molar-refractivity contribution is 0.199. The van der Waals surface area contributed by atoms with Crippen LogP contribution in [0.15, 0.2) is 6.20 Å².